The lowest BCUT2D eigenvalue weighted by atomic mass is 9.93. The highest BCUT2D eigenvalue weighted by Gasteiger charge is 2.29. The molecule has 1 fully saturated rings. The Labute approximate surface area is 204 Å². The number of carbonyl (C=O) groups excluding carboxylic acids is 2. The van der Waals surface area contributed by atoms with Crippen molar-refractivity contribution in [2.75, 3.05) is 18.4 Å². The molecule has 0 radical (unpaired) electrons. The fourth-order valence-corrected chi connectivity index (χ4v) is 4.91. The molecule has 1 saturated heterocycles. The number of hydrogen-bond acceptors (Lipinski definition) is 7. The molecule has 2 amide bonds. The first-order chi connectivity index (χ1) is 16.7. The van der Waals surface area contributed by atoms with Crippen LogP contribution in [0, 0.1) is 0 Å². The Morgan fingerprint density at radius 3 is 2.69 bits per heavy atom. The lowest BCUT2D eigenvalue weighted by Gasteiger charge is -2.33. The van der Waals surface area contributed by atoms with E-state index in [1.165, 1.54) is 11.3 Å². The molecular weight excluding hydrogens is 468 g/mol. The van der Waals surface area contributed by atoms with Crippen LogP contribution in [0.15, 0.2) is 40.0 Å². The van der Waals surface area contributed by atoms with Crippen molar-refractivity contribution >= 4 is 45.6 Å². The molecule has 0 bridgehead atoms. The van der Waals surface area contributed by atoms with Crippen LogP contribution in [0.4, 0.5) is 10.5 Å². The quantitative estimate of drug-likeness (QED) is 0.444. The van der Waals surface area contributed by atoms with Gasteiger partial charge in [0.1, 0.15) is 16.9 Å². The molecule has 1 aliphatic heterocycles. The molecule has 5 rings (SSSR count). The van der Waals surface area contributed by atoms with Gasteiger partial charge in [0, 0.05) is 30.5 Å². The summed E-state index contributed by atoms with van der Waals surface area (Å²) < 4.78 is 7.24. The van der Waals surface area contributed by atoms with Crippen LogP contribution in [0.2, 0.25) is 0 Å². The molecule has 0 saturated carbocycles. The summed E-state index contributed by atoms with van der Waals surface area (Å²) in [5.74, 6) is -0.285. The predicted molar refractivity (Wildman–Crippen MR) is 133 cm³/mol. The lowest BCUT2D eigenvalue weighted by Crippen LogP contribution is -2.41. The first-order valence-electron chi connectivity index (χ1n) is 11.4. The maximum Gasteiger partial charge on any atom is 0.410 e. The SMILES string of the molecule is CC(C)(C)OC(=O)N1CCC(c2cc(=O)[nH]c3c4c(NC(=O)c5cscn5)cccc4nn23)CC1. The van der Waals surface area contributed by atoms with Gasteiger partial charge >= 0.3 is 6.09 Å². The smallest absolute Gasteiger partial charge is 0.410 e. The number of benzene rings is 1. The van der Waals surface area contributed by atoms with Gasteiger partial charge in [0.05, 0.1) is 27.8 Å². The zero-order chi connectivity index (χ0) is 24.7. The van der Waals surface area contributed by atoms with Crippen molar-refractivity contribution in [1.29, 1.82) is 0 Å². The largest absolute Gasteiger partial charge is 0.444 e. The Morgan fingerprint density at radius 1 is 1.23 bits per heavy atom. The summed E-state index contributed by atoms with van der Waals surface area (Å²) >= 11 is 1.34. The molecule has 11 heteroatoms. The van der Waals surface area contributed by atoms with Crippen LogP contribution in [-0.4, -0.2) is 55.2 Å². The van der Waals surface area contributed by atoms with Crippen LogP contribution in [0.25, 0.3) is 16.6 Å². The molecule has 4 aromatic rings. The number of anilines is 1. The third kappa shape index (κ3) is 4.63. The van der Waals surface area contributed by atoms with E-state index in [9.17, 15) is 14.4 Å². The maximum absolute atomic E-state index is 12.7. The molecule has 1 aromatic carbocycles. The Morgan fingerprint density at radius 2 is 2.00 bits per heavy atom. The molecule has 0 spiro atoms. The van der Waals surface area contributed by atoms with Gasteiger partial charge in [0.25, 0.3) is 11.5 Å². The van der Waals surface area contributed by atoms with Crippen molar-refractivity contribution in [3.63, 3.8) is 0 Å². The topological polar surface area (TPSA) is 122 Å². The lowest BCUT2D eigenvalue weighted by molar-refractivity contribution is 0.0203. The Hall–Kier alpha value is -3.73. The molecule has 0 unspecified atom stereocenters. The van der Waals surface area contributed by atoms with E-state index in [1.807, 2.05) is 32.9 Å². The highest BCUT2D eigenvalue weighted by atomic mass is 32.1. The van der Waals surface area contributed by atoms with Crippen molar-refractivity contribution in [3.05, 3.63) is 56.9 Å². The zero-order valence-electron chi connectivity index (χ0n) is 19.7. The number of fused-ring (bicyclic) bond motifs is 3. The van der Waals surface area contributed by atoms with E-state index in [-0.39, 0.29) is 23.5 Å². The molecule has 0 atom stereocenters. The minimum Gasteiger partial charge on any atom is -0.444 e. The molecule has 3 aromatic heterocycles. The summed E-state index contributed by atoms with van der Waals surface area (Å²) in [5.41, 5.74) is 3.63. The van der Waals surface area contributed by atoms with Gasteiger partial charge in [-0.15, -0.1) is 11.3 Å². The van der Waals surface area contributed by atoms with E-state index in [1.54, 1.807) is 32.4 Å². The number of ether oxygens (including phenoxy) is 1. The minimum absolute atomic E-state index is 0.0425. The van der Waals surface area contributed by atoms with Gasteiger partial charge in [-0.3, -0.25) is 9.59 Å². The number of piperidine rings is 1. The van der Waals surface area contributed by atoms with Gasteiger partial charge in [0.15, 0.2) is 0 Å². The van der Waals surface area contributed by atoms with Crippen molar-refractivity contribution in [2.24, 2.45) is 0 Å². The number of amides is 2. The van der Waals surface area contributed by atoms with E-state index in [0.717, 1.165) is 5.69 Å². The van der Waals surface area contributed by atoms with E-state index in [2.05, 4.69) is 15.3 Å². The third-order valence-electron chi connectivity index (χ3n) is 5.94. The van der Waals surface area contributed by atoms with Crippen molar-refractivity contribution in [1.82, 2.24) is 24.5 Å². The van der Waals surface area contributed by atoms with Crippen LogP contribution < -0.4 is 10.9 Å². The van der Waals surface area contributed by atoms with E-state index < -0.39 is 5.60 Å². The highest BCUT2D eigenvalue weighted by molar-refractivity contribution is 7.07. The second-order valence-corrected chi connectivity index (χ2v) is 10.3. The van der Waals surface area contributed by atoms with Crippen LogP contribution in [0.3, 0.4) is 0 Å². The minimum atomic E-state index is -0.547. The number of rotatable bonds is 3. The van der Waals surface area contributed by atoms with Crippen LogP contribution in [0.5, 0.6) is 0 Å². The fraction of sp³-hybridized carbons (Fsp3) is 0.375. The third-order valence-corrected chi connectivity index (χ3v) is 6.53. The Bertz CT molecular complexity index is 1460. The summed E-state index contributed by atoms with van der Waals surface area (Å²) in [4.78, 5) is 46.4. The molecule has 35 heavy (non-hydrogen) atoms. The van der Waals surface area contributed by atoms with Crippen LogP contribution in [0.1, 0.15) is 55.7 Å². The second-order valence-electron chi connectivity index (χ2n) is 9.59. The summed E-state index contributed by atoms with van der Waals surface area (Å²) in [7, 11) is 0. The average molecular weight is 495 g/mol. The van der Waals surface area contributed by atoms with Gasteiger partial charge in [-0.05, 0) is 45.7 Å². The molecule has 10 nitrogen and oxygen atoms in total. The zero-order valence-corrected chi connectivity index (χ0v) is 20.5. The molecule has 4 heterocycles. The number of nitrogens with one attached hydrogen (secondary N) is 2. The highest BCUT2D eigenvalue weighted by Crippen LogP contribution is 2.32. The summed E-state index contributed by atoms with van der Waals surface area (Å²) in [6, 6.07) is 7.00. The normalized spacial score (nSPS) is 15.0. The summed E-state index contributed by atoms with van der Waals surface area (Å²) in [6.45, 7) is 6.61. The number of likely N-dealkylation sites (tertiary alicyclic amines) is 1. The van der Waals surface area contributed by atoms with E-state index in [0.29, 0.717) is 53.9 Å². The maximum atomic E-state index is 12.7. The molecule has 182 valence electrons. The number of carbonyl (C=O) groups is 2. The summed E-state index contributed by atoms with van der Waals surface area (Å²) in [5, 5.41) is 9.96. The van der Waals surface area contributed by atoms with Crippen LogP contribution in [-0.2, 0) is 4.74 Å². The van der Waals surface area contributed by atoms with Crippen molar-refractivity contribution in [2.45, 2.75) is 45.1 Å². The van der Waals surface area contributed by atoms with Gasteiger partial charge < -0.3 is 19.9 Å². The molecule has 1 aliphatic rings. The van der Waals surface area contributed by atoms with Gasteiger partial charge in [0.2, 0.25) is 0 Å². The number of aromatic nitrogens is 4. The molecular formula is C24H26N6O4S. The van der Waals surface area contributed by atoms with E-state index in [4.69, 9.17) is 9.84 Å². The van der Waals surface area contributed by atoms with Gasteiger partial charge in [-0.1, -0.05) is 6.07 Å². The predicted octanol–water partition coefficient (Wildman–Crippen LogP) is 4.00. The Balaban J connectivity index is 1.46. The number of nitrogens with zero attached hydrogens (tertiary/aromatic N) is 4. The first kappa shape index (κ1) is 23.0. The number of thiazole rings is 1. The van der Waals surface area contributed by atoms with Crippen molar-refractivity contribution < 1.29 is 14.3 Å². The Kier molecular flexibility index (Phi) is 5.79. The van der Waals surface area contributed by atoms with Crippen molar-refractivity contribution in [3.8, 4) is 0 Å². The molecule has 2 N–H and O–H groups in total. The standard InChI is InChI=1S/C24H26N6O4S/c1-24(2,3)34-23(33)29-9-7-14(8-10-29)18-11-19(31)27-21-20-15(5-4-6-16(20)28-30(18)21)26-22(32)17-12-35-13-25-17/h4-6,11-14H,7-10H2,1-3H3,(H,26,32)(H,27,31). The number of H-pyrrole nitrogens is 1. The molecule has 0 aliphatic carbocycles. The van der Waals surface area contributed by atoms with Gasteiger partial charge in [-0.25, -0.2) is 14.3 Å². The van der Waals surface area contributed by atoms with Gasteiger partial charge in [-0.2, -0.15) is 5.10 Å². The number of hydrogen-bond donors (Lipinski definition) is 2. The monoisotopic (exact) mass is 494 g/mol. The first-order valence-corrected chi connectivity index (χ1v) is 12.4. The van der Waals surface area contributed by atoms with Crippen LogP contribution >= 0.6 is 11.3 Å². The second kappa shape index (κ2) is 8.81. The average Bonchev–Trinajstić information content (AvgIpc) is 3.46. The van der Waals surface area contributed by atoms with E-state index >= 15 is 0 Å². The number of aromatic amines is 1. The fourth-order valence-electron chi connectivity index (χ4n) is 4.38. The summed E-state index contributed by atoms with van der Waals surface area (Å²) in [6.07, 6.45) is 1.04.